The van der Waals surface area contributed by atoms with Gasteiger partial charge in [0.1, 0.15) is 5.94 Å². The van der Waals surface area contributed by atoms with Crippen molar-refractivity contribution in [3.05, 3.63) is 55.0 Å². The predicted octanol–water partition coefficient (Wildman–Crippen LogP) is 5.80. The van der Waals surface area contributed by atoms with E-state index in [9.17, 15) is 0 Å². The van der Waals surface area contributed by atoms with Gasteiger partial charge in [0.2, 0.25) is 0 Å². The molecule has 0 radical (unpaired) electrons. The van der Waals surface area contributed by atoms with Crippen LogP contribution in [0, 0.1) is 0 Å². The van der Waals surface area contributed by atoms with Gasteiger partial charge in [0.15, 0.2) is 0 Å². The highest BCUT2D eigenvalue weighted by atomic mass is 32.2. The third-order valence-corrected chi connectivity index (χ3v) is 8.75. The zero-order valence-electron chi connectivity index (χ0n) is 13.7. The van der Waals surface area contributed by atoms with Crippen molar-refractivity contribution >= 4 is 20.1 Å². The SMILES string of the molecule is C=C/C=C(/OCSc1ccccc1)O[Si](C)(C)C(C)(C)C. The van der Waals surface area contributed by atoms with Crippen molar-refractivity contribution in [1.82, 2.24) is 0 Å². The molecule has 1 aromatic rings. The number of hydrogen-bond acceptors (Lipinski definition) is 3. The van der Waals surface area contributed by atoms with Gasteiger partial charge in [0, 0.05) is 11.0 Å². The van der Waals surface area contributed by atoms with Crippen molar-refractivity contribution in [3.8, 4) is 0 Å². The Morgan fingerprint density at radius 3 is 2.38 bits per heavy atom. The number of rotatable bonds is 7. The summed E-state index contributed by atoms with van der Waals surface area (Å²) in [4.78, 5) is 1.18. The van der Waals surface area contributed by atoms with Gasteiger partial charge < -0.3 is 9.16 Å². The molecule has 0 unspecified atom stereocenters. The van der Waals surface area contributed by atoms with Gasteiger partial charge >= 0.3 is 0 Å². The Kier molecular flexibility index (Phi) is 6.62. The van der Waals surface area contributed by atoms with Crippen molar-refractivity contribution in [2.24, 2.45) is 0 Å². The van der Waals surface area contributed by atoms with Crippen LogP contribution in [-0.4, -0.2) is 14.3 Å². The molecule has 2 nitrogen and oxygen atoms in total. The van der Waals surface area contributed by atoms with E-state index in [-0.39, 0.29) is 5.04 Å². The van der Waals surface area contributed by atoms with E-state index in [0.29, 0.717) is 11.9 Å². The molecule has 0 saturated heterocycles. The Labute approximate surface area is 134 Å². The molecule has 0 saturated carbocycles. The van der Waals surface area contributed by atoms with E-state index in [1.807, 2.05) is 18.2 Å². The van der Waals surface area contributed by atoms with Crippen LogP contribution in [0.4, 0.5) is 0 Å². The first-order valence-corrected chi connectivity index (χ1v) is 11.0. The van der Waals surface area contributed by atoms with Crippen LogP contribution in [0.25, 0.3) is 0 Å². The summed E-state index contributed by atoms with van der Waals surface area (Å²) in [5.74, 6) is 1.10. The molecule has 0 fully saturated rings. The van der Waals surface area contributed by atoms with Gasteiger partial charge in [0.05, 0.1) is 0 Å². The first-order valence-electron chi connectivity index (χ1n) is 7.08. The average Bonchev–Trinajstić information content (AvgIpc) is 2.38. The van der Waals surface area contributed by atoms with Gasteiger partial charge in [-0.2, -0.15) is 0 Å². The molecule has 0 atom stereocenters. The normalized spacial score (nSPS) is 12.9. The number of thioether (sulfide) groups is 1. The first-order chi connectivity index (χ1) is 9.76. The van der Waals surface area contributed by atoms with Crippen LogP contribution in [-0.2, 0) is 9.16 Å². The largest absolute Gasteiger partial charge is 0.519 e. The van der Waals surface area contributed by atoms with E-state index in [2.05, 4.69) is 52.6 Å². The molecule has 0 N–H and O–H groups in total. The third-order valence-electron chi connectivity index (χ3n) is 3.59. The molecule has 4 heteroatoms. The number of hydrogen-bond donors (Lipinski definition) is 0. The molecule has 0 spiro atoms. The highest BCUT2D eigenvalue weighted by molar-refractivity contribution is 7.99. The summed E-state index contributed by atoms with van der Waals surface area (Å²) in [5.41, 5.74) is 0. The Bertz CT molecular complexity index is 475. The smallest absolute Gasteiger partial charge is 0.266 e. The van der Waals surface area contributed by atoms with Crippen LogP contribution in [0.5, 0.6) is 0 Å². The standard InChI is InChI=1S/C17H26O2SSi/c1-7-11-16(19-21(5,6)17(2,3)4)18-14-20-15-12-9-8-10-13-15/h7-13H,1,14H2,2-6H3/b16-11-. The maximum Gasteiger partial charge on any atom is 0.266 e. The summed E-state index contributed by atoms with van der Waals surface area (Å²) in [6, 6.07) is 10.2. The minimum Gasteiger partial charge on any atom is -0.519 e. The van der Waals surface area contributed by atoms with E-state index >= 15 is 0 Å². The molecule has 0 heterocycles. The molecule has 116 valence electrons. The Hall–Kier alpha value is -1.13. The molecule has 0 aromatic heterocycles. The molecule has 1 rings (SSSR count). The van der Waals surface area contributed by atoms with E-state index in [0.717, 1.165) is 0 Å². The number of allylic oxidation sites excluding steroid dienone is 2. The maximum absolute atomic E-state index is 6.17. The summed E-state index contributed by atoms with van der Waals surface area (Å²) >= 11 is 1.65. The van der Waals surface area contributed by atoms with Crippen molar-refractivity contribution in [2.45, 2.75) is 43.8 Å². The second-order valence-electron chi connectivity index (χ2n) is 6.30. The number of ether oxygens (including phenoxy) is 1. The fourth-order valence-electron chi connectivity index (χ4n) is 1.28. The van der Waals surface area contributed by atoms with Gasteiger partial charge in [-0.15, -0.1) is 0 Å². The van der Waals surface area contributed by atoms with Crippen LogP contribution in [0.3, 0.4) is 0 Å². The lowest BCUT2D eigenvalue weighted by molar-refractivity contribution is 0.131. The van der Waals surface area contributed by atoms with Crippen molar-refractivity contribution < 1.29 is 9.16 Å². The van der Waals surface area contributed by atoms with Crippen LogP contribution in [0.2, 0.25) is 18.1 Å². The number of benzene rings is 1. The van der Waals surface area contributed by atoms with Gasteiger partial charge in [0.25, 0.3) is 14.3 Å². The molecule has 0 bridgehead atoms. The lowest BCUT2D eigenvalue weighted by atomic mass is 10.2. The molecule has 21 heavy (non-hydrogen) atoms. The van der Waals surface area contributed by atoms with E-state index < -0.39 is 8.32 Å². The molecule has 0 aliphatic heterocycles. The summed E-state index contributed by atoms with van der Waals surface area (Å²) in [7, 11) is -1.88. The van der Waals surface area contributed by atoms with Crippen LogP contribution >= 0.6 is 11.8 Å². The Morgan fingerprint density at radius 1 is 1.24 bits per heavy atom. The summed E-state index contributed by atoms with van der Waals surface area (Å²) < 4.78 is 12.0. The van der Waals surface area contributed by atoms with Crippen molar-refractivity contribution in [1.29, 1.82) is 0 Å². The van der Waals surface area contributed by atoms with Gasteiger partial charge in [-0.05, 0) is 30.3 Å². The molecular formula is C17H26O2SSi. The Morgan fingerprint density at radius 2 is 1.86 bits per heavy atom. The van der Waals surface area contributed by atoms with Crippen molar-refractivity contribution in [2.75, 3.05) is 5.94 Å². The molecule has 1 aromatic carbocycles. The second kappa shape index (κ2) is 7.76. The first kappa shape index (κ1) is 17.9. The summed E-state index contributed by atoms with van der Waals surface area (Å²) in [5, 5.41) is 0.142. The average molecular weight is 323 g/mol. The maximum atomic E-state index is 6.17. The van der Waals surface area contributed by atoms with E-state index in [1.165, 1.54) is 4.90 Å². The van der Waals surface area contributed by atoms with Gasteiger partial charge in [-0.1, -0.05) is 63.4 Å². The minimum atomic E-state index is -1.88. The van der Waals surface area contributed by atoms with Crippen molar-refractivity contribution in [3.63, 3.8) is 0 Å². The fraction of sp³-hybridized carbons (Fsp3) is 0.412. The quantitative estimate of drug-likeness (QED) is 0.208. The Balaban J connectivity index is 2.59. The second-order valence-corrected chi connectivity index (χ2v) is 12.0. The molecule has 0 aliphatic rings. The lowest BCUT2D eigenvalue weighted by Crippen LogP contribution is -2.40. The third kappa shape index (κ3) is 6.02. The zero-order valence-corrected chi connectivity index (χ0v) is 15.5. The fourth-order valence-corrected chi connectivity index (χ4v) is 2.88. The molecule has 0 amide bonds. The topological polar surface area (TPSA) is 18.5 Å². The van der Waals surface area contributed by atoms with Crippen LogP contribution < -0.4 is 0 Å². The van der Waals surface area contributed by atoms with Crippen LogP contribution in [0.15, 0.2) is 59.9 Å². The zero-order chi connectivity index (χ0) is 15.9. The van der Waals surface area contributed by atoms with Gasteiger partial charge in [-0.3, -0.25) is 0 Å². The van der Waals surface area contributed by atoms with Crippen LogP contribution in [0.1, 0.15) is 20.8 Å². The monoisotopic (exact) mass is 322 g/mol. The highest BCUT2D eigenvalue weighted by Gasteiger charge is 2.39. The summed E-state index contributed by atoms with van der Waals surface area (Å²) in [6.07, 6.45) is 3.50. The van der Waals surface area contributed by atoms with E-state index in [1.54, 1.807) is 23.9 Å². The minimum absolute atomic E-state index is 0.142. The molecular weight excluding hydrogens is 296 g/mol. The lowest BCUT2D eigenvalue weighted by Gasteiger charge is -2.36. The highest BCUT2D eigenvalue weighted by Crippen LogP contribution is 2.38. The van der Waals surface area contributed by atoms with E-state index in [4.69, 9.17) is 9.16 Å². The molecule has 0 aliphatic carbocycles. The van der Waals surface area contributed by atoms with Gasteiger partial charge in [-0.25, -0.2) is 0 Å². The summed E-state index contributed by atoms with van der Waals surface area (Å²) in [6.45, 7) is 14.8. The predicted molar refractivity (Wildman–Crippen MR) is 94.8 cm³/mol.